The van der Waals surface area contributed by atoms with Gasteiger partial charge in [0.25, 0.3) is 0 Å². The van der Waals surface area contributed by atoms with Crippen molar-refractivity contribution in [2.24, 2.45) is 10.9 Å². The predicted molar refractivity (Wildman–Crippen MR) is 110 cm³/mol. The summed E-state index contributed by atoms with van der Waals surface area (Å²) < 4.78 is 5.53. The summed E-state index contributed by atoms with van der Waals surface area (Å²) >= 11 is 0. The second-order valence-corrected chi connectivity index (χ2v) is 8.15. The van der Waals surface area contributed by atoms with Crippen molar-refractivity contribution in [3.63, 3.8) is 0 Å². The molecular formula is C22H34N4O. The summed E-state index contributed by atoms with van der Waals surface area (Å²) in [4.78, 5) is 10.1. The maximum atomic E-state index is 5.53. The van der Waals surface area contributed by atoms with Crippen LogP contribution in [0.15, 0.2) is 29.3 Å². The van der Waals surface area contributed by atoms with Gasteiger partial charge in [0.05, 0.1) is 6.61 Å². The van der Waals surface area contributed by atoms with Gasteiger partial charge in [0.15, 0.2) is 5.96 Å². The van der Waals surface area contributed by atoms with Crippen molar-refractivity contribution in [1.82, 2.24) is 15.1 Å². The lowest BCUT2D eigenvalue weighted by Gasteiger charge is -2.37. The molecule has 1 N–H and O–H groups in total. The van der Waals surface area contributed by atoms with Gasteiger partial charge in [0.1, 0.15) is 0 Å². The van der Waals surface area contributed by atoms with E-state index in [0.717, 1.165) is 64.4 Å². The van der Waals surface area contributed by atoms with Gasteiger partial charge in [-0.1, -0.05) is 24.3 Å². The van der Waals surface area contributed by atoms with Gasteiger partial charge in [-0.3, -0.25) is 9.89 Å². The number of aliphatic imine (C=N–C) groups is 1. The second kappa shape index (κ2) is 9.07. The number of aryl methyl sites for hydroxylation is 1. The van der Waals surface area contributed by atoms with Crippen molar-refractivity contribution in [3.05, 3.63) is 35.4 Å². The third-order valence-corrected chi connectivity index (χ3v) is 6.27. The van der Waals surface area contributed by atoms with Crippen molar-refractivity contribution in [3.8, 4) is 0 Å². The van der Waals surface area contributed by atoms with E-state index in [4.69, 9.17) is 9.73 Å². The van der Waals surface area contributed by atoms with Crippen LogP contribution in [0.3, 0.4) is 0 Å². The molecule has 5 heteroatoms. The molecule has 0 amide bonds. The first kappa shape index (κ1) is 18.8. The van der Waals surface area contributed by atoms with E-state index >= 15 is 0 Å². The normalized spacial score (nSPS) is 26.4. The highest BCUT2D eigenvalue weighted by Crippen LogP contribution is 2.32. The third-order valence-electron chi connectivity index (χ3n) is 6.27. The predicted octanol–water partition coefficient (Wildman–Crippen LogP) is 2.34. The summed E-state index contributed by atoms with van der Waals surface area (Å²) in [5.74, 6) is 2.42. The minimum Gasteiger partial charge on any atom is -0.381 e. The SMILES string of the molecule is CCNC(=NCC1CCc2ccccc21)N1CCN(CC2CCOC2)CC1. The molecule has 4 rings (SSSR count). The van der Waals surface area contributed by atoms with Crippen molar-refractivity contribution >= 4 is 5.96 Å². The second-order valence-electron chi connectivity index (χ2n) is 8.15. The van der Waals surface area contributed by atoms with Crippen LogP contribution in [0, 0.1) is 5.92 Å². The molecule has 2 atom stereocenters. The Morgan fingerprint density at radius 2 is 2.04 bits per heavy atom. The molecule has 0 bridgehead atoms. The van der Waals surface area contributed by atoms with Crippen LogP contribution >= 0.6 is 0 Å². The summed E-state index contributed by atoms with van der Waals surface area (Å²) in [7, 11) is 0. The number of hydrogen-bond acceptors (Lipinski definition) is 3. The fraction of sp³-hybridized carbons (Fsp3) is 0.682. The maximum absolute atomic E-state index is 5.53. The zero-order valence-corrected chi connectivity index (χ0v) is 16.7. The lowest BCUT2D eigenvalue weighted by Crippen LogP contribution is -2.53. The molecule has 1 aromatic rings. The average molecular weight is 371 g/mol. The lowest BCUT2D eigenvalue weighted by molar-refractivity contribution is 0.139. The highest BCUT2D eigenvalue weighted by molar-refractivity contribution is 5.80. The molecule has 0 spiro atoms. The van der Waals surface area contributed by atoms with Crippen LogP contribution in [0.1, 0.15) is 36.8 Å². The maximum Gasteiger partial charge on any atom is 0.194 e. The molecule has 148 valence electrons. The van der Waals surface area contributed by atoms with E-state index in [9.17, 15) is 0 Å². The topological polar surface area (TPSA) is 40.1 Å². The molecule has 2 saturated heterocycles. The molecular weight excluding hydrogens is 336 g/mol. The van der Waals surface area contributed by atoms with E-state index in [2.05, 4.69) is 46.3 Å². The molecule has 2 fully saturated rings. The molecule has 0 radical (unpaired) electrons. The number of fused-ring (bicyclic) bond motifs is 1. The summed E-state index contributed by atoms with van der Waals surface area (Å²) in [5, 5.41) is 3.53. The molecule has 2 aliphatic heterocycles. The van der Waals surface area contributed by atoms with Gasteiger partial charge in [-0.15, -0.1) is 0 Å². The minimum absolute atomic E-state index is 0.582. The molecule has 0 saturated carbocycles. The highest BCUT2D eigenvalue weighted by atomic mass is 16.5. The van der Waals surface area contributed by atoms with Gasteiger partial charge in [-0.05, 0) is 43.2 Å². The Hall–Kier alpha value is -1.59. The first-order valence-corrected chi connectivity index (χ1v) is 10.7. The molecule has 27 heavy (non-hydrogen) atoms. The van der Waals surface area contributed by atoms with Gasteiger partial charge >= 0.3 is 0 Å². The van der Waals surface area contributed by atoms with E-state index in [1.807, 2.05) is 0 Å². The van der Waals surface area contributed by atoms with E-state index in [1.54, 1.807) is 0 Å². The molecule has 2 heterocycles. The number of benzene rings is 1. The molecule has 2 unspecified atom stereocenters. The Bertz CT molecular complexity index is 633. The Balaban J connectivity index is 1.32. The monoisotopic (exact) mass is 370 g/mol. The van der Waals surface area contributed by atoms with Crippen LogP contribution in [0.2, 0.25) is 0 Å². The third kappa shape index (κ3) is 4.64. The number of ether oxygens (including phenoxy) is 1. The molecule has 1 aromatic carbocycles. The number of rotatable bonds is 5. The van der Waals surface area contributed by atoms with Crippen LogP contribution in [0.4, 0.5) is 0 Å². The van der Waals surface area contributed by atoms with Crippen molar-refractivity contribution < 1.29 is 4.74 Å². The number of piperazine rings is 1. The fourth-order valence-corrected chi connectivity index (χ4v) is 4.69. The van der Waals surface area contributed by atoms with Gasteiger partial charge in [0, 0.05) is 58.3 Å². The lowest BCUT2D eigenvalue weighted by atomic mass is 10.0. The van der Waals surface area contributed by atoms with E-state index < -0.39 is 0 Å². The number of hydrogen-bond donors (Lipinski definition) is 1. The number of guanidine groups is 1. The summed E-state index contributed by atoms with van der Waals surface area (Å²) in [5.41, 5.74) is 3.04. The molecule has 0 aromatic heterocycles. The van der Waals surface area contributed by atoms with Gasteiger partial charge in [-0.2, -0.15) is 0 Å². The van der Waals surface area contributed by atoms with Crippen molar-refractivity contribution in [2.45, 2.75) is 32.1 Å². The first-order chi connectivity index (χ1) is 13.3. The summed E-state index contributed by atoms with van der Waals surface area (Å²) in [6, 6.07) is 8.90. The highest BCUT2D eigenvalue weighted by Gasteiger charge is 2.25. The minimum atomic E-state index is 0.582. The van der Waals surface area contributed by atoms with Gasteiger partial charge < -0.3 is 15.0 Å². The molecule has 1 aliphatic carbocycles. The number of nitrogens with zero attached hydrogens (tertiary/aromatic N) is 3. The van der Waals surface area contributed by atoms with Crippen molar-refractivity contribution in [2.75, 3.05) is 59.0 Å². The largest absolute Gasteiger partial charge is 0.381 e. The van der Waals surface area contributed by atoms with Crippen LogP contribution in [-0.4, -0.2) is 74.8 Å². The Labute approximate surface area is 163 Å². The smallest absolute Gasteiger partial charge is 0.194 e. The van der Waals surface area contributed by atoms with Gasteiger partial charge in [0.2, 0.25) is 0 Å². The zero-order chi connectivity index (χ0) is 18.5. The summed E-state index contributed by atoms with van der Waals surface area (Å²) in [6.45, 7) is 11.5. The first-order valence-electron chi connectivity index (χ1n) is 10.7. The summed E-state index contributed by atoms with van der Waals surface area (Å²) in [6.07, 6.45) is 3.67. The molecule has 3 aliphatic rings. The quantitative estimate of drug-likeness (QED) is 0.638. The standard InChI is InChI=1S/C22H34N4O/c1-2-23-22(24-15-20-8-7-19-5-3-4-6-21(19)20)26-12-10-25(11-13-26)16-18-9-14-27-17-18/h3-6,18,20H,2,7-17H2,1H3,(H,23,24). The van der Waals surface area contributed by atoms with Crippen LogP contribution in [0.5, 0.6) is 0 Å². The van der Waals surface area contributed by atoms with Crippen LogP contribution in [0.25, 0.3) is 0 Å². The Morgan fingerprint density at radius 1 is 1.19 bits per heavy atom. The van der Waals surface area contributed by atoms with E-state index in [0.29, 0.717) is 5.92 Å². The Kier molecular flexibility index (Phi) is 6.30. The Morgan fingerprint density at radius 3 is 2.81 bits per heavy atom. The average Bonchev–Trinajstić information content (AvgIpc) is 3.36. The number of nitrogens with one attached hydrogen (secondary N) is 1. The van der Waals surface area contributed by atoms with E-state index in [1.165, 1.54) is 36.9 Å². The van der Waals surface area contributed by atoms with Crippen molar-refractivity contribution in [1.29, 1.82) is 0 Å². The van der Waals surface area contributed by atoms with E-state index in [-0.39, 0.29) is 0 Å². The van der Waals surface area contributed by atoms with Gasteiger partial charge in [-0.25, -0.2) is 0 Å². The van der Waals surface area contributed by atoms with Crippen LogP contribution < -0.4 is 5.32 Å². The zero-order valence-electron chi connectivity index (χ0n) is 16.7. The molecule has 5 nitrogen and oxygen atoms in total. The fourth-order valence-electron chi connectivity index (χ4n) is 4.69. The van der Waals surface area contributed by atoms with Crippen LogP contribution in [-0.2, 0) is 11.2 Å².